The van der Waals surface area contributed by atoms with Crippen LogP contribution in [0.25, 0.3) is 0 Å². The van der Waals surface area contributed by atoms with Gasteiger partial charge in [0.1, 0.15) is 11.5 Å². The van der Waals surface area contributed by atoms with Gasteiger partial charge in [-0.1, -0.05) is 22.8 Å². The zero-order valence-corrected chi connectivity index (χ0v) is 15.3. The maximum absolute atomic E-state index is 10.8. The fourth-order valence-corrected chi connectivity index (χ4v) is 3.47. The SMILES string of the molecule is Cc1cc(CC2CN(Cc3ccc(OCC(N)=O)c(Cl)c3)CC2O)on1. The van der Waals surface area contributed by atoms with Crippen LogP contribution < -0.4 is 10.5 Å². The number of carbonyl (C=O) groups is 1. The number of primary amides is 1. The lowest BCUT2D eigenvalue weighted by atomic mass is 10.0. The number of β-amino-alcohol motifs (C(OH)–C–C–N with tert-alkyl or cyclic N) is 1. The Bertz CT molecular complexity index is 780. The first kappa shape index (κ1) is 18.7. The fourth-order valence-electron chi connectivity index (χ4n) is 3.21. The lowest BCUT2D eigenvalue weighted by Crippen LogP contribution is -2.21. The second kappa shape index (κ2) is 8.07. The van der Waals surface area contributed by atoms with E-state index in [-0.39, 0.29) is 12.5 Å². The Morgan fingerprint density at radius 1 is 1.46 bits per heavy atom. The number of aliphatic hydroxyl groups excluding tert-OH is 1. The van der Waals surface area contributed by atoms with E-state index in [4.69, 9.17) is 26.6 Å². The number of carbonyl (C=O) groups excluding carboxylic acids is 1. The lowest BCUT2D eigenvalue weighted by Gasteiger charge is -2.16. The van der Waals surface area contributed by atoms with E-state index in [1.54, 1.807) is 12.1 Å². The van der Waals surface area contributed by atoms with Gasteiger partial charge in [-0.25, -0.2) is 0 Å². The average molecular weight is 380 g/mol. The highest BCUT2D eigenvalue weighted by molar-refractivity contribution is 6.32. The first-order valence-electron chi connectivity index (χ1n) is 8.43. The summed E-state index contributed by atoms with van der Waals surface area (Å²) in [6.07, 6.45) is 0.258. The summed E-state index contributed by atoms with van der Waals surface area (Å²) < 4.78 is 10.5. The molecule has 26 heavy (non-hydrogen) atoms. The molecule has 0 saturated carbocycles. The van der Waals surface area contributed by atoms with E-state index in [0.29, 0.717) is 30.3 Å². The van der Waals surface area contributed by atoms with Gasteiger partial charge in [0.05, 0.1) is 16.8 Å². The summed E-state index contributed by atoms with van der Waals surface area (Å²) in [6.45, 7) is 3.69. The van der Waals surface area contributed by atoms with Crippen LogP contribution in [0.1, 0.15) is 17.0 Å². The lowest BCUT2D eigenvalue weighted by molar-refractivity contribution is -0.119. The van der Waals surface area contributed by atoms with E-state index < -0.39 is 12.0 Å². The Balaban J connectivity index is 1.57. The molecule has 140 valence electrons. The molecule has 0 aliphatic carbocycles. The van der Waals surface area contributed by atoms with Crippen LogP contribution in [0.15, 0.2) is 28.8 Å². The zero-order chi connectivity index (χ0) is 18.7. The molecule has 1 aromatic heterocycles. The minimum atomic E-state index is -0.552. The quantitative estimate of drug-likeness (QED) is 0.756. The number of aryl methyl sites for hydroxylation is 1. The molecule has 7 nitrogen and oxygen atoms in total. The van der Waals surface area contributed by atoms with Crippen molar-refractivity contribution in [3.8, 4) is 5.75 Å². The molecule has 1 aromatic carbocycles. The Morgan fingerprint density at radius 2 is 2.27 bits per heavy atom. The van der Waals surface area contributed by atoms with E-state index in [0.717, 1.165) is 23.6 Å². The van der Waals surface area contributed by atoms with Crippen molar-refractivity contribution in [1.29, 1.82) is 0 Å². The van der Waals surface area contributed by atoms with Crippen molar-refractivity contribution in [2.45, 2.75) is 26.0 Å². The van der Waals surface area contributed by atoms with Crippen LogP contribution in [0.4, 0.5) is 0 Å². The number of benzene rings is 1. The van der Waals surface area contributed by atoms with Crippen LogP contribution in [-0.2, 0) is 17.8 Å². The maximum atomic E-state index is 10.8. The minimum absolute atomic E-state index is 0.107. The Kier molecular flexibility index (Phi) is 5.80. The van der Waals surface area contributed by atoms with E-state index in [1.807, 2.05) is 19.1 Å². The number of aromatic nitrogens is 1. The molecule has 1 amide bonds. The van der Waals surface area contributed by atoms with Gasteiger partial charge in [0.2, 0.25) is 0 Å². The summed E-state index contributed by atoms with van der Waals surface area (Å²) in [7, 11) is 0. The second-order valence-electron chi connectivity index (χ2n) is 6.68. The van der Waals surface area contributed by atoms with Crippen molar-refractivity contribution in [1.82, 2.24) is 10.1 Å². The molecule has 1 aliphatic rings. The summed E-state index contributed by atoms with van der Waals surface area (Å²) in [5.74, 6) is 0.779. The molecular formula is C18H22ClN3O4. The number of hydrogen-bond donors (Lipinski definition) is 2. The van der Waals surface area contributed by atoms with Gasteiger partial charge in [-0.3, -0.25) is 9.69 Å². The highest BCUT2D eigenvalue weighted by Gasteiger charge is 2.32. The first-order valence-corrected chi connectivity index (χ1v) is 8.80. The van der Waals surface area contributed by atoms with Crippen molar-refractivity contribution in [3.63, 3.8) is 0 Å². The zero-order valence-electron chi connectivity index (χ0n) is 14.5. The Morgan fingerprint density at radius 3 is 2.92 bits per heavy atom. The number of aliphatic hydroxyl groups is 1. The van der Waals surface area contributed by atoms with Gasteiger partial charge < -0.3 is 20.1 Å². The molecule has 3 N–H and O–H groups in total. The fraction of sp³-hybridized carbons (Fsp3) is 0.444. The molecule has 2 heterocycles. The molecule has 1 aliphatic heterocycles. The third kappa shape index (κ3) is 4.75. The normalized spacial score (nSPS) is 20.4. The van der Waals surface area contributed by atoms with Gasteiger partial charge in [0.15, 0.2) is 6.61 Å². The van der Waals surface area contributed by atoms with Crippen molar-refractivity contribution < 1.29 is 19.2 Å². The molecule has 2 unspecified atom stereocenters. The average Bonchev–Trinajstić information content (AvgIpc) is 3.12. The maximum Gasteiger partial charge on any atom is 0.255 e. The number of likely N-dealkylation sites (tertiary alicyclic amines) is 1. The number of hydrogen-bond acceptors (Lipinski definition) is 6. The summed E-state index contributed by atoms with van der Waals surface area (Å²) in [6, 6.07) is 7.32. The van der Waals surface area contributed by atoms with Crippen molar-refractivity contribution >= 4 is 17.5 Å². The van der Waals surface area contributed by atoms with Crippen molar-refractivity contribution in [2.24, 2.45) is 11.7 Å². The minimum Gasteiger partial charge on any atom is -0.482 e. The van der Waals surface area contributed by atoms with Crippen LogP contribution in [0.5, 0.6) is 5.75 Å². The van der Waals surface area contributed by atoms with Crippen LogP contribution in [0.2, 0.25) is 5.02 Å². The number of halogens is 1. The van der Waals surface area contributed by atoms with Gasteiger partial charge in [-0.2, -0.15) is 0 Å². The highest BCUT2D eigenvalue weighted by atomic mass is 35.5. The van der Waals surface area contributed by atoms with Crippen LogP contribution in [0, 0.1) is 12.8 Å². The van der Waals surface area contributed by atoms with Crippen LogP contribution >= 0.6 is 11.6 Å². The standard InChI is InChI=1S/C18H22ClN3O4/c1-11-4-14(26-21-11)6-13-8-22(9-16(13)23)7-12-2-3-17(15(19)5-12)25-10-18(20)24/h2-5,13,16,23H,6-10H2,1H3,(H2,20,24). The molecule has 2 aromatic rings. The summed E-state index contributed by atoms with van der Waals surface area (Å²) in [5, 5.41) is 14.6. The van der Waals surface area contributed by atoms with E-state index in [9.17, 15) is 9.90 Å². The number of ether oxygens (including phenoxy) is 1. The van der Waals surface area contributed by atoms with Crippen LogP contribution in [-0.4, -0.2) is 46.9 Å². The van der Waals surface area contributed by atoms with Gasteiger partial charge in [-0.15, -0.1) is 0 Å². The molecular weight excluding hydrogens is 358 g/mol. The molecule has 1 fully saturated rings. The molecule has 0 radical (unpaired) electrons. The molecule has 0 bridgehead atoms. The van der Waals surface area contributed by atoms with Crippen molar-refractivity contribution in [3.05, 3.63) is 46.3 Å². The van der Waals surface area contributed by atoms with E-state index in [2.05, 4.69) is 10.1 Å². The molecule has 8 heteroatoms. The third-order valence-electron chi connectivity index (χ3n) is 4.39. The monoisotopic (exact) mass is 379 g/mol. The van der Waals surface area contributed by atoms with E-state index >= 15 is 0 Å². The van der Waals surface area contributed by atoms with Gasteiger partial charge in [0, 0.05) is 38.0 Å². The number of nitrogens with zero attached hydrogens (tertiary/aromatic N) is 2. The first-order chi connectivity index (χ1) is 12.4. The van der Waals surface area contributed by atoms with Gasteiger partial charge >= 0.3 is 0 Å². The summed E-state index contributed by atoms with van der Waals surface area (Å²) in [4.78, 5) is 13.0. The van der Waals surface area contributed by atoms with E-state index in [1.165, 1.54) is 0 Å². The Hall–Kier alpha value is -2.09. The molecule has 1 saturated heterocycles. The largest absolute Gasteiger partial charge is 0.482 e. The third-order valence-corrected chi connectivity index (χ3v) is 4.69. The highest BCUT2D eigenvalue weighted by Crippen LogP contribution is 2.28. The molecule has 3 rings (SSSR count). The van der Waals surface area contributed by atoms with Crippen LogP contribution in [0.3, 0.4) is 0 Å². The predicted octanol–water partition coefficient (Wildman–Crippen LogP) is 1.54. The number of nitrogens with two attached hydrogens (primary N) is 1. The predicted molar refractivity (Wildman–Crippen MR) is 95.9 cm³/mol. The van der Waals surface area contributed by atoms with Crippen molar-refractivity contribution in [2.75, 3.05) is 19.7 Å². The van der Waals surface area contributed by atoms with Gasteiger partial charge in [0.25, 0.3) is 5.91 Å². The molecule has 2 atom stereocenters. The topological polar surface area (TPSA) is 102 Å². The molecule has 0 spiro atoms. The number of rotatable bonds is 7. The second-order valence-corrected chi connectivity index (χ2v) is 7.09. The summed E-state index contributed by atoms with van der Waals surface area (Å²) in [5.41, 5.74) is 6.91. The summed E-state index contributed by atoms with van der Waals surface area (Å²) >= 11 is 6.20. The van der Waals surface area contributed by atoms with Gasteiger partial charge in [-0.05, 0) is 24.6 Å². The smallest absolute Gasteiger partial charge is 0.255 e. The number of amides is 1. The Labute approximate surface area is 156 Å².